The van der Waals surface area contributed by atoms with E-state index in [0.29, 0.717) is 0 Å². The van der Waals surface area contributed by atoms with Crippen molar-refractivity contribution in [3.8, 4) is 0 Å². The Morgan fingerprint density at radius 2 is 2.00 bits per heavy atom. The van der Waals surface area contributed by atoms with Crippen molar-refractivity contribution in [2.24, 2.45) is 0 Å². The molecule has 0 saturated carbocycles. The van der Waals surface area contributed by atoms with Crippen LogP contribution < -0.4 is 10.4 Å². The minimum atomic E-state index is 0.0174. The topological polar surface area (TPSA) is 20.2 Å². The summed E-state index contributed by atoms with van der Waals surface area (Å²) in [6, 6.07) is 10.0. The number of hydrogen-bond donors (Lipinski definition) is 1. The van der Waals surface area contributed by atoms with Gasteiger partial charge in [-0.25, -0.2) is 0 Å². The monoisotopic (exact) mass is 210 g/mol. The van der Waals surface area contributed by atoms with E-state index in [1.54, 1.807) is 6.08 Å². The van der Waals surface area contributed by atoms with Crippen LogP contribution in [-0.4, -0.2) is 5.11 Å². The van der Waals surface area contributed by atoms with Gasteiger partial charge in [0.1, 0.15) is 0 Å². The number of benzene rings is 2. The second kappa shape index (κ2) is 4.33. The van der Waals surface area contributed by atoms with Gasteiger partial charge in [0.2, 0.25) is 0 Å². The van der Waals surface area contributed by atoms with Gasteiger partial charge in [0.15, 0.2) is 0 Å². The quantitative estimate of drug-likeness (QED) is 0.800. The van der Waals surface area contributed by atoms with E-state index in [1.807, 2.05) is 36.4 Å². The fourth-order valence-electron chi connectivity index (χ4n) is 2.00. The third-order valence-corrected chi connectivity index (χ3v) is 2.73. The molecule has 16 heavy (non-hydrogen) atoms. The van der Waals surface area contributed by atoms with Crippen LogP contribution in [0.25, 0.3) is 23.4 Å². The van der Waals surface area contributed by atoms with Crippen molar-refractivity contribution in [2.75, 3.05) is 0 Å². The number of aliphatic hydroxyl groups excluding tert-OH is 1. The van der Waals surface area contributed by atoms with Crippen molar-refractivity contribution >= 4 is 23.4 Å². The number of fused-ring (bicyclic) bond motifs is 1. The van der Waals surface area contributed by atoms with Crippen LogP contribution in [-0.2, 0) is 6.61 Å². The van der Waals surface area contributed by atoms with Crippen LogP contribution in [0.15, 0.2) is 43.0 Å². The summed E-state index contributed by atoms with van der Waals surface area (Å²) >= 11 is 0. The first-order chi connectivity index (χ1) is 7.77. The minimum absolute atomic E-state index is 0.0174. The van der Waals surface area contributed by atoms with Crippen LogP contribution in [0.1, 0.15) is 5.56 Å². The molecule has 0 atom stereocenters. The summed E-state index contributed by atoms with van der Waals surface area (Å²) < 4.78 is 0. The van der Waals surface area contributed by atoms with Gasteiger partial charge in [-0.15, -0.1) is 0 Å². The molecule has 1 N–H and O–H groups in total. The Balaban J connectivity index is 3.02. The molecule has 0 radical (unpaired) electrons. The zero-order chi connectivity index (χ0) is 11.5. The molecule has 0 heterocycles. The summed E-state index contributed by atoms with van der Waals surface area (Å²) in [6.45, 7) is 7.71. The summed E-state index contributed by atoms with van der Waals surface area (Å²) in [5.41, 5.74) is 0.919. The second-order valence-electron chi connectivity index (χ2n) is 3.71. The van der Waals surface area contributed by atoms with E-state index in [2.05, 4.69) is 13.2 Å². The summed E-state index contributed by atoms with van der Waals surface area (Å²) in [5, 5.41) is 13.6. The lowest BCUT2D eigenvalue weighted by atomic mass is 10.0. The second-order valence-corrected chi connectivity index (χ2v) is 3.71. The Bertz CT molecular complexity index is 638. The maximum atomic E-state index is 9.49. The van der Waals surface area contributed by atoms with Gasteiger partial charge in [-0.2, -0.15) is 0 Å². The highest BCUT2D eigenvalue weighted by molar-refractivity contribution is 5.86. The SMILES string of the molecule is C=C/C=c1/c(CO)c2ccccc2cc1=C. The zero-order valence-electron chi connectivity index (χ0n) is 9.11. The molecule has 0 amide bonds. The Hall–Kier alpha value is -1.86. The standard InChI is InChI=1S/C15H14O/c1-3-6-13-11(2)9-12-7-4-5-8-14(12)15(13)10-16/h3-9,16H,1-2,10H2/b13-6+. The molecular formula is C15H14O. The number of aliphatic hydroxyl groups is 1. The smallest absolute Gasteiger partial charge is 0.0693 e. The van der Waals surface area contributed by atoms with E-state index in [-0.39, 0.29) is 6.61 Å². The normalized spacial score (nSPS) is 11.9. The lowest BCUT2D eigenvalue weighted by molar-refractivity contribution is 0.282. The molecule has 2 rings (SSSR count). The van der Waals surface area contributed by atoms with Crippen LogP contribution in [0.5, 0.6) is 0 Å². The van der Waals surface area contributed by atoms with Crippen LogP contribution in [0.2, 0.25) is 0 Å². The zero-order valence-corrected chi connectivity index (χ0v) is 9.11. The van der Waals surface area contributed by atoms with Crippen molar-refractivity contribution in [3.63, 3.8) is 0 Å². The average molecular weight is 210 g/mol. The van der Waals surface area contributed by atoms with Crippen molar-refractivity contribution in [1.82, 2.24) is 0 Å². The Morgan fingerprint density at radius 3 is 2.69 bits per heavy atom. The van der Waals surface area contributed by atoms with Crippen molar-refractivity contribution < 1.29 is 5.11 Å². The van der Waals surface area contributed by atoms with E-state index in [9.17, 15) is 5.11 Å². The van der Waals surface area contributed by atoms with Crippen molar-refractivity contribution in [2.45, 2.75) is 6.61 Å². The predicted octanol–water partition coefficient (Wildman–Crippen LogP) is 1.71. The molecule has 0 saturated heterocycles. The fraction of sp³-hybridized carbons (Fsp3) is 0.0667. The molecule has 80 valence electrons. The largest absolute Gasteiger partial charge is 0.392 e. The van der Waals surface area contributed by atoms with Gasteiger partial charge in [0.05, 0.1) is 6.61 Å². The van der Waals surface area contributed by atoms with Gasteiger partial charge in [-0.3, -0.25) is 0 Å². The molecule has 0 aliphatic rings. The van der Waals surface area contributed by atoms with E-state index < -0.39 is 0 Å². The average Bonchev–Trinajstić information content (AvgIpc) is 2.30. The number of allylic oxidation sites excluding steroid dienone is 1. The minimum Gasteiger partial charge on any atom is -0.392 e. The van der Waals surface area contributed by atoms with Gasteiger partial charge in [-0.05, 0) is 32.8 Å². The molecule has 0 spiro atoms. The first-order valence-electron chi connectivity index (χ1n) is 5.21. The number of hydrogen-bond acceptors (Lipinski definition) is 1. The van der Waals surface area contributed by atoms with Gasteiger partial charge < -0.3 is 5.11 Å². The summed E-state index contributed by atoms with van der Waals surface area (Å²) in [6.07, 6.45) is 3.61. The summed E-state index contributed by atoms with van der Waals surface area (Å²) in [4.78, 5) is 0. The van der Waals surface area contributed by atoms with Crippen LogP contribution >= 0.6 is 0 Å². The first kappa shape index (κ1) is 10.7. The van der Waals surface area contributed by atoms with Gasteiger partial charge in [0, 0.05) is 0 Å². The first-order valence-corrected chi connectivity index (χ1v) is 5.21. The highest BCUT2D eigenvalue weighted by Gasteiger charge is 2.01. The molecule has 2 aromatic rings. The van der Waals surface area contributed by atoms with Crippen LogP contribution in [0.4, 0.5) is 0 Å². The summed E-state index contributed by atoms with van der Waals surface area (Å²) in [5.74, 6) is 0. The molecule has 1 heteroatoms. The molecule has 0 bridgehead atoms. The van der Waals surface area contributed by atoms with Gasteiger partial charge >= 0.3 is 0 Å². The molecule has 1 nitrogen and oxygen atoms in total. The Labute approximate surface area is 94.7 Å². The predicted molar refractivity (Wildman–Crippen MR) is 69.3 cm³/mol. The third kappa shape index (κ3) is 1.66. The van der Waals surface area contributed by atoms with E-state index in [4.69, 9.17) is 0 Å². The molecule has 0 fully saturated rings. The van der Waals surface area contributed by atoms with Crippen LogP contribution in [0, 0.1) is 0 Å². The molecule has 0 aliphatic carbocycles. The van der Waals surface area contributed by atoms with Crippen molar-refractivity contribution in [1.29, 1.82) is 0 Å². The van der Waals surface area contributed by atoms with Gasteiger partial charge in [-0.1, -0.05) is 49.6 Å². The fourth-order valence-corrected chi connectivity index (χ4v) is 2.00. The molecule has 2 aromatic carbocycles. The molecular weight excluding hydrogens is 196 g/mol. The molecule has 0 aromatic heterocycles. The third-order valence-electron chi connectivity index (χ3n) is 2.73. The lowest BCUT2D eigenvalue weighted by Crippen LogP contribution is -2.27. The Kier molecular flexibility index (Phi) is 2.88. The highest BCUT2D eigenvalue weighted by atomic mass is 16.3. The van der Waals surface area contributed by atoms with Gasteiger partial charge in [0.25, 0.3) is 0 Å². The van der Waals surface area contributed by atoms with Crippen LogP contribution in [0.3, 0.4) is 0 Å². The van der Waals surface area contributed by atoms with E-state index in [1.165, 1.54) is 0 Å². The van der Waals surface area contributed by atoms with E-state index >= 15 is 0 Å². The number of rotatable bonds is 2. The van der Waals surface area contributed by atoms with E-state index in [0.717, 1.165) is 26.8 Å². The maximum Gasteiger partial charge on any atom is 0.0693 e. The molecule has 0 aliphatic heterocycles. The Morgan fingerprint density at radius 1 is 1.25 bits per heavy atom. The molecule has 0 unspecified atom stereocenters. The highest BCUT2D eigenvalue weighted by Crippen LogP contribution is 2.13. The maximum absolute atomic E-state index is 9.49. The lowest BCUT2D eigenvalue weighted by Gasteiger charge is -2.05. The van der Waals surface area contributed by atoms with Crippen molar-refractivity contribution in [3.05, 3.63) is 59.0 Å². The summed E-state index contributed by atoms with van der Waals surface area (Å²) in [7, 11) is 0.